The zero-order valence-electron chi connectivity index (χ0n) is 20.4. The Labute approximate surface area is 217 Å². The van der Waals surface area contributed by atoms with Crippen LogP contribution in [-0.4, -0.2) is 17.9 Å². The molecule has 1 amide bonds. The summed E-state index contributed by atoms with van der Waals surface area (Å²) >= 11 is 0. The molecule has 6 rings (SSSR count). The van der Waals surface area contributed by atoms with Crippen molar-refractivity contribution in [1.82, 2.24) is 4.90 Å². The second-order valence-corrected chi connectivity index (χ2v) is 8.99. The number of ether oxygens (including phenoxy) is 2. The van der Waals surface area contributed by atoms with Crippen molar-refractivity contribution in [1.29, 1.82) is 0 Å². The lowest BCUT2D eigenvalue weighted by Gasteiger charge is -2.25. The van der Waals surface area contributed by atoms with Crippen molar-refractivity contribution < 1.29 is 23.1 Å². The summed E-state index contributed by atoms with van der Waals surface area (Å²) in [6, 6.07) is 26.9. The average molecular weight is 508 g/mol. The molecular formula is C31H22FNO5. The zero-order valence-corrected chi connectivity index (χ0v) is 20.4. The van der Waals surface area contributed by atoms with Crippen LogP contribution in [0.2, 0.25) is 0 Å². The number of methoxy groups -OCH3 is 1. The average Bonchev–Trinajstić information content (AvgIpc) is 3.21. The first-order chi connectivity index (χ1) is 18.5. The number of amides is 1. The molecule has 2 heterocycles. The molecule has 0 N–H and O–H groups in total. The van der Waals surface area contributed by atoms with Crippen molar-refractivity contribution >= 4 is 16.9 Å². The number of halogens is 1. The summed E-state index contributed by atoms with van der Waals surface area (Å²) < 4.78 is 31.3. The second kappa shape index (κ2) is 9.52. The van der Waals surface area contributed by atoms with Crippen LogP contribution in [0.15, 0.2) is 106 Å². The highest BCUT2D eigenvalue weighted by molar-refractivity contribution is 5.99. The van der Waals surface area contributed by atoms with Gasteiger partial charge in [-0.1, -0.05) is 42.5 Å². The minimum Gasteiger partial charge on any atom is -0.497 e. The Kier molecular flexibility index (Phi) is 5.88. The van der Waals surface area contributed by atoms with Gasteiger partial charge in [0.1, 0.15) is 28.6 Å². The third-order valence-corrected chi connectivity index (χ3v) is 6.59. The van der Waals surface area contributed by atoms with Crippen LogP contribution in [0, 0.1) is 5.82 Å². The number of carbonyl (C=O) groups excluding carboxylic acids is 1. The normalized spacial score (nSPS) is 14.5. The molecule has 0 saturated carbocycles. The van der Waals surface area contributed by atoms with Crippen LogP contribution < -0.4 is 14.9 Å². The van der Waals surface area contributed by atoms with Crippen molar-refractivity contribution in [2.75, 3.05) is 7.11 Å². The molecule has 0 radical (unpaired) electrons. The monoisotopic (exact) mass is 507 g/mol. The predicted octanol–water partition coefficient (Wildman–Crippen LogP) is 6.48. The van der Waals surface area contributed by atoms with E-state index in [2.05, 4.69) is 0 Å². The smallest absolute Gasteiger partial charge is 0.291 e. The SMILES string of the molecule is COc1ccc(CN2C(=O)c3oc4ccc(F)cc4c(=O)c3C2c2cccc(Oc3ccccc3)c2)cc1. The number of benzene rings is 4. The van der Waals surface area contributed by atoms with Gasteiger partial charge in [-0.15, -0.1) is 0 Å². The quantitative estimate of drug-likeness (QED) is 0.263. The Morgan fingerprint density at radius 1 is 0.842 bits per heavy atom. The van der Waals surface area contributed by atoms with Gasteiger partial charge in [0.25, 0.3) is 5.91 Å². The number of hydrogen-bond acceptors (Lipinski definition) is 5. The van der Waals surface area contributed by atoms with Crippen LogP contribution in [-0.2, 0) is 6.54 Å². The Morgan fingerprint density at radius 3 is 2.37 bits per heavy atom. The molecule has 0 bridgehead atoms. The van der Waals surface area contributed by atoms with E-state index >= 15 is 0 Å². The molecule has 38 heavy (non-hydrogen) atoms. The summed E-state index contributed by atoms with van der Waals surface area (Å²) in [5.41, 5.74) is 1.41. The van der Waals surface area contributed by atoms with Gasteiger partial charge >= 0.3 is 0 Å². The molecule has 7 heteroatoms. The Morgan fingerprint density at radius 2 is 1.61 bits per heavy atom. The lowest BCUT2D eigenvalue weighted by atomic mass is 9.98. The maximum atomic E-state index is 14.1. The lowest BCUT2D eigenvalue weighted by molar-refractivity contribution is 0.0714. The van der Waals surface area contributed by atoms with E-state index in [1.165, 1.54) is 12.1 Å². The van der Waals surface area contributed by atoms with Crippen LogP contribution in [0.5, 0.6) is 17.2 Å². The van der Waals surface area contributed by atoms with Crippen molar-refractivity contribution in [3.8, 4) is 17.2 Å². The number of para-hydroxylation sites is 1. The zero-order chi connectivity index (χ0) is 26.2. The second-order valence-electron chi connectivity index (χ2n) is 8.99. The predicted molar refractivity (Wildman–Crippen MR) is 140 cm³/mol. The standard InChI is InChI=1S/C31H22FNO5/c1-36-22-13-10-19(11-14-22)18-33-28(20-6-5-9-24(16-20)37-23-7-3-2-4-8-23)27-29(34)25-17-21(32)12-15-26(25)38-30(27)31(33)35/h2-17,28H,18H2,1H3. The largest absolute Gasteiger partial charge is 0.497 e. The molecular weight excluding hydrogens is 485 g/mol. The minimum atomic E-state index is -0.761. The summed E-state index contributed by atoms with van der Waals surface area (Å²) in [5, 5.41) is 0.0875. The van der Waals surface area contributed by atoms with Crippen LogP contribution >= 0.6 is 0 Å². The van der Waals surface area contributed by atoms with E-state index in [9.17, 15) is 14.0 Å². The molecule has 1 unspecified atom stereocenters. The molecule has 1 aliphatic heterocycles. The molecule has 6 nitrogen and oxygen atoms in total. The molecule has 1 aliphatic rings. The maximum Gasteiger partial charge on any atom is 0.291 e. The fourth-order valence-electron chi connectivity index (χ4n) is 4.80. The number of carbonyl (C=O) groups is 1. The molecule has 188 valence electrons. The van der Waals surface area contributed by atoms with Gasteiger partial charge in [0.15, 0.2) is 5.43 Å². The molecule has 1 atom stereocenters. The number of fused-ring (bicyclic) bond motifs is 2. The molecule has 5 aromatic rings. The minimum absolute atomic E-state index is 0.0398. The third-order valence-electron chi connectivity index (χ3n) is 6.59. The van der Waals surface area contributed by atoms with E-state index in [1.54, 1.807) is 24.1 Å². The summed E-state index contributed by atoms with van der Waals surface area (Å²) in [6.07, 6.45) is 0. The van der Waals surface area contributed by atoms with Crippen molar-refractivity contribution in [2.45, 2.75) is 12.6 Å². The summed E-state index contributed by atoms with van der Waals surface area (Å²) in [5.74, 6) is 0.885. The number of rotatable bonds is 6. The number of nitrogens with zero attached hydrogens (tertiary/aromatic N) is 1. The summed E-state index contributed by atoms with van der Waals surface area (Å²) in [7, 11) is 1.58. The molecule has 0 aliphatic carbocycles. The van der Waals surface area contributed by atoms with Crippen molar-refractivity contribution in [2.24, 2.45) is 0 Å². The van der Waals surface area contributed by atoms with Crippen LogP contribution in [0.3, 0.4) is 0 Å². The Bertz CT molecular complexity index is 1710. The van der Waals surface area contributed by atoms with E-state index < -0.39 is 23.2 Å². The number of hydrogen-bond donors (Lipinski definition) is 0. The molecule has 0 fully saturated rings. The van der Waals surface area contributed by atoms with Gasteiger partial charge in [0.2, 0.25) is 5.76 Å². The third kappa shape index (κ3) is 4.18. The Balaban J connectivity index is 1.48. The van der Waals surface area contributed by atoms with Gasteiger partial charge in [0, 0.05) is 6.54 Å². The molecule has 0 spiro atoms. The van der Waals surface area contributed by atoms with E-state index in [0.717, 1.165) is 11.6 Å². The molecule has 0 saturated heterocycles. The summed E-state index contributed by atoms with van der Waals surface area (Å²) in [4.78, 5) is 29.0. The van der Waals surface area contributed by atoms with E-state index in [-0.39, 0.29) is 28.8 Å². The fraction of sp³-hybridized carbons (Fsp3) is 0.0968. The first-order valence-corrected chi connectivity index (χ1v) is 12.0. The van der Waals surface area contributed by atoms with Crippen molar-refractivity contribution in [3.05, 3.63) is 136 Å². The van der Waals surface area contributed by atoms with E-state index in [4.69, 9.17) is 13.9 Å². The van der Waals surface area contributed by atoms with Gasteiger partial charge in [-0.2, -0.15) is 0 Å². The molecule has 4 aromatic carbocycles. The topological polar surface area (TPSA) is 69.0 Å². The van der Waals surface area contributed by atoms with E-state index in [0.29, 0.717) is 22.8 Å². The highest BCUT2D eigenvalue weighted by atomic mass is 19.1. The fourth-order valence-corrected chi connectivity index (χ4v) is 4.80. The Hall–Kier alpha value is -4.91. The summed E-state index contributed by atoms with van der Waals surface area (Å²) in [6.45, 7) is 0.214. The molecule has 1 aromatic heterocycles. The highest BCUT2D eigenvalue weighted by Crippen LogP contribution is 2.40. The maximum absolute atomic E-state index is 14.1. The van der Waals surface area contributed by atoms with Crippen molar-refractivity contribution in [3.63, 3.8) is 0 Å². The first-order valence-electron chi connectivity index (χ1n) is 12.0. The van der Waals surface area contributed by atoms with Gasteiger partial charge in [-0.05, 0) is 65.7 Å². The van der Waals surface area contributed by atoms with Gasteiger partial charge in [-0.25, -0.2) is 4.39 Å². The van der Waals surface area contributed by atoms with Gasteiger partial charge in [0.05, 0.1) is 24.1 Å². The van der Waals surface area contributed by atoms with E-state index in [1.807, 2.05) is 66.7 Å². The highest BCUT2D eigenvalue weighted by Gasteiger charge is 2.43. The lowest BCUT2D eigenvalue weighted by Crippen LogP contribution is -2.29. The van der Waals surface area contributed by atoms with Crippen LogP contribution in [0.25, 0.3) is 11.0 Å². The van der Waals surface area contributed by atoms with Gasteiger partial charge < -0.3 is 18.8 Å². The van der Waals surface area contributed by atoms with Crippen LogP contribution in [0.1, 0.15) is 33.3 Å². The van der Waals surface area contributed by atoms with Crippen LogP contribution in [0.4, 0.5) is 4.39 Å². The first kappa shape index (κ1) is 23.5. The van der Waals surface area contributed by atoms with Gasteiger partial charge in [-0.3, -0.25) is 9.59 Å².